The van der Waals surface area contributed by atoms with Gasteiger partial charge in [-0.3, -0.25) is 4.79 Å². The van der Waals surface area contributed by atoms with Crippen LogP contribution >= 0.6 is 34.0 Å². The molecule has 0 N–H and O–H groups in total. The number of hydrogen-bond acceptors (Lipinski definition) is 6. The number of thiophene rings is 1. The first-order chi connectivity index (χ1) is 10.6. The SMILES string of the molecule is Cc1nc(CC(=O)N(C)Cc2csc(-c3cccs3)n2)cs1. The van der Waals surface area contributed by atoms with Crippen molar-refractivity contribution in [3.8, 4) is 9.88 Å². The summed E-state index contributed by atoms with van der Waals surface area (Å²) in [5.41, 5.74) is 1.77. The fourth-order valence-electron chi connectivity index (χ4n) is 2.00. The summed E-state index contributed by atoms with van der Waals surface area (Å²) >= 11 is 4.87. The summed E-state index contributed by atoms with van der Waals surface area (Å²) in [7, 11) is 1.81. The van der Waals surface area contributed by atoms with E-state index in [1.54, 1.807) is 38.9 Å². The van der Waals surface area contributed by atoms with Gasteiger partial charge in [-0.15, -0.1) is 34.0 Å². The Kier molecular flexibility index (Phi) is 4.66. The number of carbonyl (C=O) groups is 1. The number of aryl methyl sites for hydroxylation is 1. The number of nitrogens with zero attached hydrogens (tertiary/aromatic N) is 3. The molecular formula is C15H15N3OS3. The lowest BCUT2D eigenvalue weighted by Gasteiger charge is -2.15. The molecule has 0 atom stereocenters. The lowest BCUT2D eigenvalue weighted by molar-refractivity contribution is -0.129. The summed E-state index contributed by atoms with van der Waals surface area (Å²) in [6.45, 7) is 2.48. The van der Waals surface area contributed by atoms with Crippen LogP contribution < -0.4 is 0 Å². The minimum absolute atomic E-state index is 0.0657. The number of amides is 1. The number of carbonyl (C=O) groups excluding carboxylic acids is 1. The third-order valence-corrected chi connectivity index (χ3v) is 5.86. The smallest absolute Gasteiger partial charge is 0.228 e. The number of thiazole rings is 2. The molecule has 22 heavy (non-hydrogen) atoms. The molecule has 0 saturated carbocycles. The van der Waals surface area contributed by atoms with E-state index in [0.717, 1.165) is 21.4 Å². The topological polar surface area (TPSA) is 46.1 Å². The summed E-state index contributed by atoms with van der Waals surface area (Å²) in [6.07, 6.45) is 0.350. The minimum Gasteiger partial charge on any atom is -0.339 e. The first-order valence-corrected chi connectivity index (χ1v) is 9.39. The predicted octanol–water partition coefficient (Wildman–Crippen LogP) is 3.84. The second-order valence-corrected chi connectivity index (χ2v) is 7.77. The van der Waals surface area contributed by atoms with Crippen LogP contribution in [0.2, 0.25) is 0 Å². The maximum absolute atomic E-state index is 12.2. The van der Waals surface area contributed by atoms with Crippen LogP contribution in [0.3, 0.4) is 0 Å². The first-order valence-electron chi connectivity index (χ1n) is 6.75. The van der Waals surface area contributed by atoms with Crippen molar-refractivity contribution in [2.24, 2.45) is 0 Å². The van der Waals surface area contributed by atoms with Crippen molar-refractivity contribution in [1.29, 1.82) is 0 Å². The molecule has 3 rings (SSSR count). The van der Waals surface area contributed by atoms with Gasteiger partial charge in [0, 0.05) is 17.8 Å². The van der Waals surface area contributed by atoms with Crippen LogP contribution in [-0.4, -0.2) is 27.8 Å². The van der Waals surface area contributed by atoms with Gasteiger partial charge in [-0.2, -0.15) is 0 Å². The van der Waals surface area contributed by atoms with E-state index in [2.05, 4.69) is 16.0 Å². The highest BCUT2D eigenvalue weighted by Gasteiger charge is 2.14. The Bertz CT molecular complexity index is 761. The lowest BCUT2D eigenvalue weighted by atomic mass is 10.3. The molecule has 114 valence electrons. The van der Waals surface area contributed by atoms with E-state index in [-0.39, 0.29) is 5.91 Å². The highest BCUT2D eigenvalue weighted by atomic mass is 32.1. The molecular weight excluding hydrogens is 334 g/mol. The van der Waals surface area contributed by atoms with E-state index in [9.17, 15) is 4.79 Å². The number of aromatic nitrogens is 2. The average molecular weight is 350 g/mol. The monoisotopic (exact) mass is 349 g/mol. The minimum atomic E-state index is 0.0657. The maximum Gasteiger partial charge on any atom is 0.228 e. The Labute approximate surface area is 141 Å². The second kappa shape index (κ2) is 6.68. The first kappa shape index (κ1) is 15.3. The van der Waals surface area contributed by atoms with Crippen molar-refractivity contribution < 1.29 is 4.79 Å². The molecule has 0 fully saturated rings. The van der Waals surface area contributed by atoms with Crippen LogP contribution in [0.1, 0.15) is 16.4 Å². The molecule has 0 unspecified atom stereocenters. The zero-order valence-corrected chi connectivity index (χ0v) is 14.7. The normalized spacial score (nSPS) is 10.8. The van der Waals surface area contributed by atoms with Gasteiger partial charge in [0.05, 0.1) is 34.2 Å². The second-order valence-electron chi connectivity index (χ2n) is 4.91. The molecule has 3 aromatic rings. The van der Waals surface area contributed by atoms with E-state index in [1.165, 1.54) is 4.88 Å². The van der Waals surface area contributed by atoms with Crippen LogP contribution in [0.5, 0.6) is 0 Å². The molecule has 0 aromatic carbocycles. The third kappa shape index (κ3) is 3.60. The Hall–Kier alpha value is -1.57. The van der Waals surface area contributed by atoms with Gasteiger partial charge in [-0.25, -0.2) is 9.97 Å². The van der Waals surface area contributed by atoms with Gasteiger partial charge in [0.25, 0.3) is 0 Å². The van der Waals surface area contributed by atoms with Gasteiger partial charge in [-0.05, 0) is 18.4 Å². The molecule has 0 spiro atoms. The van der Waals surface area contributed by atoms with Gasteiger partial charge in [0.15, 0.2) is 0 Å². The highest BCUT2D eigenvalue weighted by Crippen LogP contribution is 2.28. The molecule has 0 aliphatic heterocycles. The van der Waals surface area contributed by atoms with Gasteiger partial charge < -0.3 is 4.90 Å². The van der Waals surface area contributed by atoms with Gasteiger partial charge in [0.2, 0.25) is 5.91 Å². The third-order valence-electron chi connectivity index (χ3n) is 3.11. The Morgan fingerprint density at radius 3 is 2.68 bits per heavy atom. The Balaban J connectivity index is 1.61. The lowest BCUT2D eigenvalue weighted by Crippen LogP contribution is -2.27. The van der Waals surface area contributed by atoms with Gasteiger partial charge in [0.1, 0.15) is 5.01 Å². The van der Waals surface area contributed by atoms with Gasteiger partial charge >= 0.3 is 0 Å². The number of hydrogen-bond donors (Lipinski definition) is 0. The largest absolute Gasteiger partial charge is 0.339 e. The molecule has 4 nitrogen and oxygen atoms in total. The zero-order valence-electron chi connectivity index (χ0n) is 12.3. The summed E-state index contributed by atoms with van der Waals surface area (Å²) in [4.78, 5) is 24.1. The number of rotatable bonds is 5. The van der Waals surface area contributed by atoms with Crippen LogP contribution in [-0.2, 0) is 17.8 Å². The van der Waals surface area contributed by atoms with E-state index in [4.69, 9.17) is 0 Å². The van der Waals surface area contributed by atoms with Crippen LogP contribution in [0.4, 0.5) is 0 Å². The zero-order chi connectivity index (χ0) is 15.5. The van der Waals surface area contributed by atoms with Crippen molar-refractivity contribution in [3.63, 3.8) is 0 Å². The molecule has 3 aromatic heterocycles. The maximum atomic E-state index is 12.2. The van der Waals surface area contributed by atoms with Gasteiger partial charge in [-0.1, -0.05) is 6.07 Å². The van der Waals surface area contributed by atoms with E-state index < -0.39 is 0 Å². The molecule has 0 bridgehead atoms. The molecule has 0 aliphatic carbocycles. The molecule has 1 amide bonds. The van der Waals surface area contributed by atoms with E-state index >= 15 is 0 Å². The molecule has 3 heterocycles. The molecule has 0 radical (unpaired) electrons. The van der Waals surface area contributed by atoms with Crippen LogP contribution in [0, 0.1) is 6.92 Å². The van der Waals surface area contributed by atoms with Crippen LogP contribution in [0.25, 0.3) is 9.88 Å². The fourth-order valence-corrected chi connectivity index (χ4v) is 4.24. The molecule has 7 heteroatoms. The Morgan fingerprint density at radius 1 is 1.18 bits per heavy atom. The van der Waals surface area contributed by atoms with E-state index in [1.807, 2.05) is 36.2 Å². The highest BCUT2D eigenvalue weighted by molar-refractivity contribution is 7.20. The van der Waals surface area contributed by atoms with Crippen molar-refractivity contribution in [3.05, 3.63) is 44.7 Å². The summed E-state index contributed by atoms with van der Waals surface area (Å²) in [5.74, 6) is 0.0657. The fraction of sp³-hybridized carbons (Fsp3) is 0.267. The van der Waals surface area contributed by atoms with Crippen molar-refractivity contribution in [1.82, 2.24) is 14.9 Å². The van der Waals surface area contributed by atoms with Crippen molar-refractivity contribution in [2.45, 2.75) is 19.9 Å². The van der Waals surface area contributed by atoms with Crippen LogP contribution in [0.15, 0.2) is 28.3 Å². The summed E-state index contributed by atoms with van der Waals surface area (Å²) in [5, 5.41) is 8.01. The quantitative estimate of drug-likeness (QED) is 0.703. The number of likely N-dealkylation sites (N-methyl/N-ethyl adjacent to an activating group) is 1. The summed E-state index contributed by atoms with van der Waals surface area (Å²) < 4.78 is 0. The summed E-state index contributed by atoms with van der Waals surface area (Å²) in [6, 6.07) is 4.08. The predicted molar refractivity (Wildman–Crippen MR) is 92.5 cm³/mol. The standard InChI is InChI=1S/C15H15N3OS3/c1-10-16-11(8-21-10)6-14(19)18(2)7-12-9-22-15(17-12)13-4-3-5-20-13/h3-5,8-9H,6-7H2,1-2H3. The molecule has 0 saturated heterocycles. The van der Waals surface area contributed by atoms with E-state index in [0.29, 0.717) is 13.0 Å². The molecule has 0 aliphatic rings. The van der Waals surface area contributed by atoms with Crippen molar-refractivity contribution >= 4 is 39.9 Å². The Morgan fingerprint density at radius 2 is 2.00 bits per heavy atom. The van der Waals surface area contributed by atoms with Crippen molar-refractivity contribution in [2.75, 3.05) is 7.05 Å². The average Bonchev–Trinajstić information content (AvgIpc) is 3.20.